The van der Waals surface area contributed by atoms with Crippen molar-refractivity contribution in [3.8, 4) is 0 Å². The zero-order chi connectivity index (χ0) is 25.6. The highest BCUT2D eigenvalue weighted by Gasteiger charge is 2.45. The Kier molecular flexibility index (Phi) is 6.07. The number of nitrogens with zero attached hydrogens (tertiary/aromatic N) is 1. The van der Waals surface area contributed by atoms with E-state index in [-0.39, 0.29) is 53.9 Å². The first kappa shape index (κ1) is 23.9. The maximum Gasteiger partial charge on any atom is 0.228 e. The molecular formula is C29H31N3O5. The molecular weight excluding hydrogens is 470 g/mol. The number of likely N-dealkylation sites (tertiary alicyclic amines) is 1. The van der Waals surface area contributed by atoms with Crippen LogP contribution < -0.4 is 10.6 Å². The minimum Gasteiger partial charge on any atom is -0.373 e. The number of carbonyl (C=O) groups is 4. The predicted octanol–water partition coefficient (Wildman–Crippen LogP) is 2.82. The summed E-state index contributed by atoms with van der Waals surface area (Å²) in [6.45, 7) is 1.60. The Morgan fingerprint density at radius 3 is 2.57 bits per heavy atom. The lowest BCUT2D eigenvalue weighted by molar-refractivity contribution is -0.140. The van der Waals surface area contributed by atoms with Gasteiger partial charge >= 0.3 is 0 Å². The molecule has 192 valence electrons. The van der Waals surface area contributed by atoms with Crippen LogP contribution in [0.1, 0.15) is 59.5 Å². The number of piperidine rings is 1. The van der Waals surface area contributed by atoms with Gasteiger partial charge in [-0.05, 0) is 42.9 Å². The average Bonchev–Trinajstić information content (AvgIpc) is 3.29. The largest absolute Gasteiger partial charge is 0.373 e. The van der Waals surface area contributed by atoms with E-state index in [0.717, 1.165) is 16.7 Å². The average molecular weight is 502 g/mol. The summed E-state index contributed by atoms with van der Waals surface area (Å²) in [6.07, 6.45) is 3.11. The number of para-hydroxylation sites is 1. The van der Waals surface area contributed by atoms with Gasteiger partial charge in [0.15, 0.2) is 5.78 Å². The third-order valence-corrected chi connectivity index (χ3v) is 8.42. The second-order valence-electron chi connectivity index (χ2n) is 10.8. The van der Waals surface area contributed by atoms with Crippen LogP contribution in [0.3, 0.4) is 0 Å². The number of hydrogen-bond donors (Lipinski definition) is 2. The normalized spacial score (nSPS) is 26.3. The minimum absolute atomic E-state index is 0.0458. The van der Waals surface area contributed by atoms with Gasteiger partial charge in [0.05, 0.1) is 24.2 Å². The Labute approximate surface area is 215 Å². The molecule has 0 saturated carbocycles. The zero-order valence-electron chi connectivity index (χ0n) is 20.7. The monoisotopic (exact) mass is 501 g/mol. The van der Waals surface area contributed by atoms with E-state index in [2.05, 4.69) is 10.6 Å². The van der Waals surface area contributed by atoms with Gasteiger partial charge < -0.3 is 20.3 Å². The summed E-state index contributed by atoms with van der Waals surface area (Å²) in [4.78, 5) is 53.0. The molecule has 37 heavy (non-hydrogen) atoms. The van der Waals surface area contributed by atoms with Gasteiger partial charge in [-0.15, -0.1) is 0 Å². The molecule has 2 fully saturated rings. The number of Topliss-reactive ketones (excluding diaryl/α,β-unsaturated/α-hetero) is 1. The minimum atomic E-state index is -0.510. The number of rotatable bonds is 3. The fraction of sp³-hybridized carbons (Fsp3) is 0.448. The van der Waals surface area contributed by atoms with Gasteiger partial charge in [0.25, 0.3) is 0 Å². The number of hydrogen-bond acceptors (Lipinski definition) is 5. The van der Waals surface area contributed by atoms with E-state index < -0.39 is 5.92 Å². The molecule has 2 saturated heterocycles. The van der Waals surface area contributed by atoms with Crippen molar-refractivity contribution < 1.29 is 23.9 Å². The maximum absolute atomic E-state index is 13.3. The number of amides is 3. The number of carbonyl (C=O) groups excluding carboxylic acids is 4. The van der Waals surface area contributed by atoms with Gasteiger partial charge in [0.2, 0.25) is 17.7 Å². The van der Waals surface area contributed by atoms with Gasteiger partial charge in [-0.2, -0.15) is 0 Å². The zero-order valence-corrected chi connectivity index (χ0v) is 20.7. The van der Waals surface area contributed by atoms with E-state index in [9.17, 15) is 19.2 Å². The molecule has 6 rings (SSSR count). The first-order chi connectivity index (χ1) is 17.9. The SMILES string of the molecule is O=C1CC(C(=O)NC2COC3(CCN(C(=O)C4CC(=O)c5ccccc5C4)CC3)C2)c2ccccc2N1. The summed E-state index contributed by atoms with van der Waals surface area (Å²) in [5.74, 6) is -1.02. The lowest BCUT2D eigenvalue weighted by atomic mass is 9.81. The Morgan fingerprint density at radius 1 is 0.973 bits per heavy atom. The highest BCUT2D eigenvalue weighted by atomic mass is 16.5. The van der Waals surface area contributed by atoms with E-state index in [0.29, 0.717) is 51.1 Å². The standard InChI is InChI=1S/C29H31N3O5/c33-25-14-19(13-18-5-1-2-6-21(18)25)28(36)32-11-9-29(10-12-32)16-20(17-37-29)30-27(35)23-15-26(34)31-24-8-4-3-7-22(23)24/h1-8,19-20,23H,9-17H2,(H,30,35)(H,31,34). The Balaban J connectivity index is 1.04. The van der Waals surface area contributed by atoms with Crippen LogP contribution in [-0.2, 0) is 25.5 Å². The van der Waals surface area contributed by atoms with E-state index in [1.54, 1.807) is 0 Å². The van der Waals surface area contributed by atoms with Crippen LogP contribution in [0.2, 0.25) is 0 Å². The van der Waals surface area contributed by atoms with Crippen LogP contribution in [0.4, 0.5) is 5.69 Å². The van der Waals surface area contributed by atoms with Crippen molar-refractivity contribution in [2.45, 2.75) is 56.1 Å². The predicted molar refractivity (Wildman–Crippen MR) is 136 cm³/mol. The van der Waals surface area contributed by atoms with Gasteiger partial charge in [-0.1, -0.05) is 42.5 Å². The molecule has 0 radical (unpaired) electrons. The van der Waals surface area contributed by atoms with Gasteiger partial charge in [0, 0.05) is 43.1 Å². The van der Waals surface area contributed by atoms with E-state index in [4.69, 9.17) is 4.74 Å². The van der Waals surface area contributed by atoms with Crippen LogP contribution in [0.5, 0.6) is 0 Å². The summed E-state index contributed by atoms with van der Waals surface area (Å²) >= 11 is 0. The fourth-order valence-electron chi connectivity index (χ4n) is 6.44. The molecule has 8 nitrogen and oxygen atoms in total. The number of benzene rings is 2. The first-order valence-corrected chi connectivity index (χ1v) is 13.1. The van der Waals surface area contributed by atoms with Gasteiger partial charge in [-0.3, -0.25) is 19.2 Å². The third-order valence-electron chi connectivity index (χ3n) is 8.42. The van der Waals surface area contributed by atoms with Crippen LogP contribution in [0.15, 0.2) is 48.5 Å². The first-order valence-electron chi connectivity index (χ1n) is 13.1. The number of nitrogens with one attached hydrogen (secondary N) is 2. The molecule has 3 amide bonds. The molecule has 4 aliphatic rings. The molecule has 0 bridgehead atoms. The summed E-state index contributed by atoms with van der Waals surface area (Å²) in [6, 6.07) is 14.9. The van der Waals surface area contributed by atoms with Crippen molar-refractivity contribution in [2.24, 2.45) is 5.92 Å². The molecule has 3 unspecified atom stereocenters. The van der Waals surface area contributed by atoms with Crippen molar-refractivity contribution >= 4 is 29.2 Å². The summed E-state index contributed by atoms with van der Waals surface area (Å²) < 4.78 is 6.22. The second-order valence-corrected chi connectivity index (χ2v) is 10.8. The van der Waals surface area contributed by atoms with Crippen LogP contribution in [0, 0.1) is 5.92 Å². The maximum atomic E-state index is 13.3. The topological polar surface area (TPSA) is 105 Å². The van der Waals surface area contributed by atoms with E-state index in [1.165, 1.54) is 0 Å². The fourth-order valence-corrected chi connectivity index (χ4v) is 6.44. The number of anilines is 1. The molecule has 2 aromatic carbocycles. The Morgan fingerprint density at radius 2 is 1.73 bits per heavy atom. The number of ether oxygens (including phenoxy) is 1. The smallest absolute Gasteiger partial charge is 0.228 e. The van der Waals surface area contributed by atoms with Gasteiger partial charge in [-0.25, -0.2) is 0 Å². The van der Waals surface area contributed by atoms with Crippen LogP contribution in [0.25, 0.3) is 0 Å². The van der Waals surface area contributed by atoms with E-state index >= 15 is 0 Å². The number of fused-ring (bicyclic) bond motifs is 2. The summed E-state index contributed by atoms with van der Waals surface area (Å²) in [5, 5.41) is 5.95. The second kappa shape index (κ2) is 9.41. The highest BCUT2D eigenvalue weighted by molar-refractivity contribution is 6.02. The molecule has 3 atom stereocenters. The Bertz CT molecular complexity index is 1270. The Hall–Kier alpha value is -3.52. The molecule has 2 N–H and O–H groups in total. The van der Waals surface area contributed by atoms with Gasteiger partial charge in [0.1, 0.15) is 0 Å². The van der Waals surface area contributed by atoms with Crippen LogP contribution in [-0.4, -0.2) is 59.7 Å². The van der Waals surface area contributed by atoms with E-state index in [1.807, 2.05) is 53.4 Å². The lowest BCUT2D eigenvalue weighted by Crippen LogP contribution is -2.49. The molecule has 3 heterocycles. The molecule has 8 heteroatoms. The number of ketones is 1. The van der Waals surface area contributed by atoms with Crippen molar-refractivity contribution in [2.75, 3.05) is 25.0 Å². The van der Waals surface area contributed by atoms with Crippen LogP contribution >= 0.6 is 0 Å². The molecule has 1 spiro atoms. The molecule has 2 aromatic rings. The van der Waals surface area contributed by atoms with Crippen molar-refractivity contribution in [1.29, 1.82) is 0 Å². The summed E-state index contributed by atoms with van der Waals surface area (Å²) in [5.41, 5.74) is 2.88. The van der Waals surface area contributed by atoms with Crippen molar-refractivity contribution in [1.82, 2.24) is 10.2 Å². The van der Waals surface area contributed by atoms with Crippen molar-refractivity contribution in [3.05, 3.63) is 65.2 Å². The third kappa shape index (κ3) is 4.55. The quantitative estimate of drug-likeness (QED) is 0.673. The summed E-state index contributed by atoms with van der Waals surface area (Å²) in [7, 11) is 0. The molecule has 3 aliphatic heterocycles. The lowest BCUT2D eigenvalue weighted by Gasteiger charge is -2.40. The highest BCUT2D eigenvalue weighted by Crippen LogP contribution is 2.38. The van der Waals surface area contributed by atoms with Crippen molar-refractivity contribution in [3.63, 3.8) is 0 Å². The molecule has 1 aliphatic carbocycles. The molecule has 0 aromatic heterocycles.